The monoisotopic (exact) mass is 430 g/mol. The van der Waals surface area contributed by atoms with Gasteiger partial charge in [0.25, 0.3) is 0 Å². The molecule has 0 unspecified atom stereocenters. The van der Waals surface area contributed by atoms with Crippen molar-refractivity contribution in [2.45, 2.75) is 0 Å². The van der Waals surface area contributed by atoms with Gasteiger partial charge in [-0.1, -0.05) is 103 Å². The van der Waals surface area contributed by atoms with E-state index in [0.717, 1.165) is 33.1 Å². The van der Waals surface area contributed by atoms with E-state index in [1.165, 1.54) is 22.3 Å². The number of rotatable bonds is 3. The topological polar surface area (TPSA) is 13.1 Å². The van der Waals surface area contributed by atoms with Gasteiger partial charge in [0.15, 0.2) is 5.58 Å². The van der Waals surface area contributed by atoms with Crippen molar-refractivity contribution in [3.8, 4) is 33.4 Å². The van der Waals surface area contributed by atoms with Gasteiger partial charge < -0.3 is 4.42 Å². The molecule has 6 aromatic rings. The molecule has 0 radical (unpaired) electrons. The first-order valence-corrected chi connectivity index (χ1v) is 11.0. The lowest BCUT2D eigenvalue weighted by Gasteiger charge is -2.12. The molecular formula is C30H19ClO. The van der Waals surface area contributed by atoms with Crippen LogP contribution in [0, 0.1) is 0 Å². The smallest absolute Gasteiger partial charge is 0.153 e. The minimum absolute atomic E-state index is 0.639. The number of hydrogen-bond acceptors (Lipinski definition) is 1. The van der Waals surface area contributed by atoms with Crippen molar-refractivity contribution in [3.05, 3.63) is 120 Å². The molecule has 0 saturated carbocycles. The van der Waals surface area contributed by atoms with Gasteiger partial charge in [-0.05, 0) is 57.6 Å². The van der Waals surface area contributed by atoms with Crippen LogP contribution in [0.4, 0.5) is 0 Å². The Hall–Kier alpha value is -3.81. The van der Waals surface area contributed by atoms with E-state index < -0.39 is 0 Å². The van der Waals surface area contributed by atoms with Crippen LogP contribution in [0.25, 0.3) is 55.3 Å². The van der Waals surface area contributed by atoms with Crippen LogP contribution in [0.1, 0.15) is 0 Å². The number of hydrogen-bond donors (Lipinski definition) is 0. The summed E-state index contributed by atoms with van der Waals surface area (Å²) < 4.78 is 6.11. The summed E-state index contributed by atoms with van der Waals surface area (Å²) in [6.45, 7) is 0. The van der Waals surface area contributed by atoms with Crippen molar-refractivity contribution in [1.82, 2.24) is 0 Å². The lowest BCUT2D eigenvalue weighted by Crippen LogP contribution is -1.86. The zero-order valence-electron chi connectivity index (χ0n) is 17.3. The fraction of sp³-hybridized carbons (Fsp3) is 0. The van der Waals surface area contributed by atoms with Gasteiger partial charge in [0.2, 0.25) is 0 Å². The largest absolute Gasteiger partial charge is 0.454 e. The van der Waals surface area contributed by atoms with Crippen LogP contribution in [0.2, 0.25) is 5.02 Å². The highest BCUT2D eigenvalue weighted by molar-refractivity contribution is 6.35. The second-order valence-corrected chi connectivity index (χ2v) is 8.33. The van der Waals surface area contributed by atoms with E-state index in [2.05, 4.69) is 91.0 Å². The van der Waals surface area contributed by atoms with E-state index in [1.807, 2.05) is 24.3 Å². The lowest BCUT2D eigenvalue weighted by atomic mass is 9.92. The molecule has 5 aromatic carbocycles. The summed E-state index contributed by atoms with van der Waals surface area (Å²) in [6, 6.07) is 40.0. The molecule has 0 bridgehead atoms. The van der Waals surface area contributed by atoms with Crippen molar-refractivity contribution in [2.75, 3.05) is 0 Å². The van der Waals surface area contributed by atoms with Crippen LogP contribution < -0.4 is 0 Å². The Kier molecular flexibility index (Phi) is 4.56. The minimum Gasteiger partial charge on any atom is -0.454 e. The maximum Gasteiger partial charge on any atom is 0.153 e. The summed E-state index contributed by atoms with van der Waals surface area (Å²) in [5.41, 5.74) is 8.71. The summed E-state index contributed by atoms with van der Waals surface area (Å²) in [5.74, 6) is 0. The number of para-hydroxylation sites is 1. The molecule has 0 aliphatic carbocycles. The van der Waals surface area contributed by atoms with E-state index in [0.29, 0.717) is 5.02 Å². The predicted molar refractivity (Wildman–Crippen MR) is 135 cm³/mol. The SMILES string of the molecule is Clc1cccc2c1oc1cc(-c3cccc(-c4ccccc4-c4ccccc4)c3)ccc12. The third kappa shape index (κ3) is 3.19. The molecule has 0 saturated heterocycles. The highest BCUT2D eigenvalue weighted by Crippen LogP contribution is 2.37. The van der Waals surface area contributed by atoms with Crippen molar-refractivity contribution in [1.29, 1.82) is 0 Å². The zero-order chi connectivity index (χ0) is 21.5. The standard InChI is InChI=1S/C30H19ClO/c31-28-15-7-14-27-26-17-16-22(19-29(26)32-30(27)28)21-10-6-11-23(18-21)25-13-5-4-12-24(25)20-8-2-1-3-9-20/h1-19H. The van der Waals surface area contributed by atoms with Gasteiger partial charge in [-0.2, -0.15) is 0 Å². The average Bonchev–Trinajstić information content (AvgIpc) is 3.24. The average molecular weight is 431 g/mol. The second-order valence-electron chi connectivity index (χ2n) is 7.92. The summed E-state index contributed by atoms with van der Waals surface area (Å²) in [5, 5.41) is 2.76. The van der Waals surface area contributed by atoms with E-state index in [4.69, 9.17) is 16.0 Å². The van der Waals surface area contributed by atoms with Crippen LogP contribution in [0.15, 0.2) is 120 Å². The van der Waals surface area contributed by atoms with Gasteiger partial charge in [0, 0.05) is 10.8 Å². The van der Waals surface area contributed by atoms with Crippen LogP contribution in [-0.2, 0) is 0 Å². The molecule has 0 amide bonds. The molecule has 0 spiro atoms. The van der Waals surface area contributed by atoms with E-state index >= 15 is 0 Å². The van der Waals surface area contributed by atoms with Gasteiger partial charge in [0.1, 0.15) is 5.58 Å². The number of fused-ring (bicyclic) bond motifs is 3. The molecule has 0 aliphatic heterocycles. The third-order valence-corrected chi connectivity index (χ3v) is 6.27. The van der Waals surface area contributed by atoms with Gasteiger partial charge in [-0.3, -0.25) is 0 Å². The number of halogens is 1. The van der Waals surface area contributed by atoms with Crippen molar-refractivity contribution in [3.63, 3.8) is 0 Å². The fourth-order valence-electron chi connectivity index (χ4n) is 4.41. The molecule has 1 nitrogen and oxygen atoms in total. The molecule has 0 aliphatic rings. The molecule has 1 aromatic heterocycles. The van der Waals surface area contributed by atoms with Crippen molar-refractivity contribution >= 4 is 33.5 Å². The van der Waals surface area contributed by atoms with Crippen molar-refractivity contribution < 1.29 is 4.42 Å². The Morgan fingerprint density at radius 1 is 0.469 bits per heavy atom. The molecule has 32 heavy (non-hydrogen) atoms. The van der Waals surface area contributed by atoms with Gasteiger partial charge in [-0.25, -0.2) is 0 Å². The van der Waals surface area contributed by atoms with E-state index in [-0.39, 0.29) is 0 Å². The fourth-order valence-corrected chi connectivity index (χ4v) is 4.63. The van der Waals surface area contributed by atoms with E-state index in [1.54, 1.807) is 0 Å². The van der Waals surface area contributed by atoms with Gasteiger partial charge in [-0.15, -0.1) is 0 Å². The number of furan rings is 1. The second kappa shape index (κ2) is 7.71. The van der Waals surface area contributed by atoms with Gasteiger partial charge >= 0.3 is 0 Å². The predicted octanol–water partition coefficient (Wildman–Crippen LogP) is 9.24. The first-order valence-electron chi connectivity index (χ1n) is 10.6. The quantitative estimate of drug-likeness (QED) is 0.272. The molecule has 0 atom stereocenters. The summed E-state index contributed by atoms with van der Waals surface area (Å²) in [6.07, 6.45) is 0. The molecule has 1 heterocycles. The summed E-state index contributed by atoms with van der Waals surface area (Å²) in [7, 11) is 0. The molecule has 0 fully saturated rings. The number of benzene rings is 5. The highest BCUT2D eigenvalue weighted by Gasteiger charge is 2.12. The molecule has 2 heteroatoms. The Morgan fingerprint density at radius 3 is 1.97 bits per heavy atom. The summed E-state index contributed by atoms with van der Waals surface area (Å²) in [4.78, 5) is 0. The highest BCUT2D eigenvalue weighted by atomic mass is 35.5. The van der Waals surface area contributed by atoms with Crippen LogP contribution in [0.5, 0.6) is 0 Å². The van der Waals surface area contributed by atoms with Crippen LogP contribution in [0.3, 0.4) is 0 Å². The zero-order valence-corrected chi connectivity index (χ0v) is 18.0. The first kappa shape index (κ1) is 18.9. The lowest BCUT2D eigenvalue weighted by molar-refractivity contribution is 0.669. The maximum atomic E-state index is 6.35. The Balaban J connectivity index is 1.47. The molecular weight excluding hydrogens is 412 g/mol. The molecule has 0 N–H and O–H groups in total. The Labute approximate surface area is 191 Å². The minimum atomic E-state index is 0.639. The molecule has 152 valence electrons. The molecule has 6 rings (SSSR count). The van der Waals surface area contributed by atoms with Crippen LogP contribution >= 0.6 is 11.6 Å². The van der Waals surface area contributed by atoms with Crippen LogP contribution in [-0.4, -0.2) is 0 Å². The third-order valence-electron chi connectivity index (χ3n) is 5.97. The Bertz CT molecular complexity index is 1580. The van der Waals surface area contributed by atoms with Crippen molar-refractivity contribution in [2.24, 2.45) is 0 Å². The first-order chi connectivity index (χ1) is 15.8. The maximum absolute atomic E-state index is 6.35. The Morgan fingerprint density at radius 2 is 1.12 bits per heavy atom. The van der Waals surface area contributed by atoms with E-state index in [9.17, 15) is 0 Å². The van der Waals surface area contributed by atoms with Gasteiger partial charge in [0.05, 0.1) is 5.02 Å². The summed E-state index contributed by atoms with van der Waals surface area (Å²) >= 11 is 6.35. The normalized spacial score (nSPS) is 11.3.